The topological polar surface area (TPSA) is 25.2 Å². The van der Waals surface area contributed by atoms with E-state index in [1.165, 1.54) is 0 Å². The van der Waals surface area contributed by atoms with Crippen molar-refractivity contribution in [3.63, 3.8) is 0 Å². The molecule has 0 atom stereocenters. The Labute approximate surface area is 55.3 Å². The maximum atomic E-state index is 9.06. The predicted molar refractivity (Wildman–Crippen MR) is 38.4 cm³/mol. The highest BCUT2D eigenvalue weighted by Crippen LogP contribution is 1.98. The quantitative estimate of drug-likeness (QED) is 0.547. The minimum absolute atomic E-state index is 0.403. The van der Waals surface area contributed by atoms with E-state index in [9.17, 15) is 0 Å². The summed E-state index contributed by atoms with van der Waals surface area (Å²) in [4.78, 5) is 0. The fourth-order valence-corrected chi connectivity index (χ4v) is 0.898. The number of nitrogens with zero attached hydrogens (tertiary/aromatic N) is 1. The fourth-order valence-electron chi connectivity index (χ4n) is 0.898. The van der Waals surface area contributed by atoms with Crippen LogP contribution in [0.25, 0.3) is 0 Å². The predicted octanol–water partition coefficient (Wildman–Crippen LogP) is 0.755. The Morgan fingerprint density at radius 2 is 2.33 bits per heavy atom. The number of hydrogen-bond donors (Lipinski definition) is 1. The maximum Gasteiger partial charge on any atom is 0.413 e. The van der Waals surface area contributed by atoms with Crippen LogP contribution in [0.4, 0.5) is 0 Å². The van der Waals surface area contributed by atoms with Gasteiger partial charge in [0.2, 0.25) is 0 Å². The van der Waals surface area contributed by atoms with E-state index in [1.807, 2.05) is 25.3 Å². The molecule has 1 N–H and O–H groups in total. The Hall–Kier alpha value is -0.695. The van der Waals surface area contributed by atoms with Crippen LogP contribution in [0.15, 0.2) is 18.3 Å². The van der Waals surface area contributed by atoms with Crippen LogP contribution in [-0.4, -0.2) is 16.6 Å². The van der Waals surface area contributed by atoms with E-state index in [0.29, 0.717) is 0 Å². The zero-order chi connectivity index (χ0) is 6.85. The summed E-state index contributed by atoms with van der Waals surface area (Å²) in [7, 11) is -0.403. The van der Waals surface area contributed by atoms with Crippen molar-refractivity contribution >= 4 is 7.05 Å². The molecular weight excluding hydrogens is 113 g/mol. The van der Waals surface area contributed by atoms with E-state index < -0.39 is 7.05 Å². The van der Waals surface area contributed by atoms with Gasteiger partial charge in [-0.3, -0.25) is 0 Å². The third-order valence-corrected chi connectivity index (χ3v) is 1.39. The van der Waals surface area contributed by atoms with Gasteiger partial charge < -0.3 is 9.50 Å². The Morgan fingerprint density at radius 1 is 1.67 bits per heavy atom. The summed E-state index contributed by atoms with van der Waals surface area (Å²) < 4.78 is 1.81. The molecular formula is C6H10BNO. The molecule has 48 valence electrons. The Kier molecular flexibility index (Phi) is 1.62. The molecule has 9 heavy (non-hydrogen) atoms. The first-order chi connectivity index (χ1) is 4.22. The minimum Gasteiger partial charge on any atom is -0.432 e. The van der Waals surface area contributed by atoms with Gasteiger partial charge in [0.05, 0.1) is 0 Å². The summed E-state index contributed by atoms with van der Waals surface area (Å²) in [5.74, 6) is 0. The first-order valence-electron chi connectivity index (χ1n) is 3.03. The minimum atomic E-state index is -0.403. The van der Waals surface area contributed by atoms with Gasteiger partial charge in [0.15, 0.2) is 0 Å². The molecule has 1 aromatic rings. The van der Waals surface area contributed by atoms with Crippen molar-refractivity contribution < 1.29 is 5.02 Å². The molecule has 1 heterocycles. The molecule has 0 aliphatic carbocycles. The number of hydrogen-bond acceptors (Lipinski definition) is 1. The molecule has 0 saturated carbocycles. The van der Waals surface area contributed by atoms with Gasteiger partial charge in [-0.05, 0) is 32.1 Å². The zero-order valence-electron chi connectivity index (χ0n) is 5.70. The molecule has 0 saturated heterocycles. The van der Waals surface area contributed by atoms with Gasteiger partial charge in [-0.1, -0.05) is 0 Å². The molecule has 0 unspecified atom stereocenters. The zero-order valence-corrected chi connectivity index (χ0v) is 5.70. The summed E-state index contributed by atoms with van der Waals surface area (Å²) in [5.41, 5.74) is 1.09. The third-order valence-electron chi connectivity index (χ3n) is 1.39. The van der Waals surface area contributed by atoms with Gasteiger partial charge in [0.25, 0.3) is 0 Å². The molecule has 0 aromatic carbocycles. The SMILES string of the molecule is CB(O)n1cccc1C. The second kappa shape index (κ2) is 2.27. The van der Waals surface area contributed by atoms with Gasteiger partial charge in [-0.25, -0.2) is 0 Å². The summed E-state index contributed by atoms with van der Waals surface area (Å²) in [6, 6.07) is 3.88. The largest absolute Gasteiger partial charge is 0.432 e. The maximum absolute atomic E-state index is 9.06. The van der Waals surface area contributed by atoms with E-state index in [-0.39, 0.29) is 0 Å². The molecule has 2 nitrogen and oxygen atoms in total. The lowest BCUT2D eigenvalue weighted by Crippen LogP contribution is -2.19. The van der Waals surface area contributed by atoms with Crippen LogP contribution in [0.1, 0.15) is 5.69 Å². The van der Waals surface area contributed by atoms with E-state index >= 15 is 0 Å². The van der Waals surface area contributed by atoms with Gasteiger partial charge in [0, 0.05) is 5.69 Å². The fraction of sp³-hybridized carbons (Fsp3) is 0.333. The van der Waals surface area contributed by atoms with Crippen LogP contribution in [-0.2, 0) is 0 Å². The lowest BCUT2D eigenvalue weighted by Gasteiger charge is -2.03. The molecule has 3 heteroatoms. The number of aryl methyl sites for hydroxylation is 1. The van der Waals surface area contributed by atoms with Crippen LogP contribution in [0, 0.1) is 6.92 Å². The van der Waals surface area contributed by atoms with Crippen molar-refractivity contribution in [1.82, 2.24) is 4.48 Å². The number of aromatic nitrogens is 1. The average molecular weight is 123 g/mol. The second-order valence-corrected chi connectivity index (χ2v) is 2.19. The van der Waals surface area contributed by atoms with Gasteiger partial charge in [-0.15, -0.1) is 0 Å². The van der Waals surface area contributed by atoms with Crippen LogP contribution in [0.2, 0.25) is 6.82 Å². The van der Waals surface area contributed by atoms with Crippen molar-refractivity contribution in [2.75, 3.05) is 0 Å². The summed E-state index contributed by atoms with van der Waals surface area (Å²) in [6.45, 7) is 3.71. The van der Waals surface area contributed by atoms with E-state index in [4.69, 9.17) is 5.02 Å². The van der Waals surface area contributed by atoms with Crippen molar-refractivity contribution in [2.24, 2.45) is 0 Å². The molecule has 1 aromatic heterocycles. The van der Waals surface area contributed by atoms with Crippen LogP contribution >= 0.6 is 0 Å². The monoisotopic (exact) mass is 123 g/mol. The molecule has 0 amide bonds. The Morgan fingerprint density at radius 3 is 2.56 bits per heavy atom. The lowest BCUT2D eigenvalue weighted by atomic mass is 9.88. The van der Waals surface area contributed by atoms with Crippen LogP contribution in [0.3, 0.4) is 0 Å². The molecule has 0 aliphatic rings. The lowest BCUT2D eigenvalue weighted by molar-refractivity contribution is 0.562. The van der Waals surface area contributed by atoms with Crippen molar-refractivity contribution in [3.05, 3.63) is 24.0 Å². The van der Waals surface area contributed by atoms with Gasteiger partial charge >= 0.3 is 7.05 Å². The third kappa shape index (κ3) is 1.16. The first kappa shape index (κ1) is 6.43. The van der Waals surface area contributed by atoms with Crippen LogP contribution in [0.5, 0.6) is 0 Å². The van der Waals surface area contributed by atoms with Crippen molar-refractivity contribution in [3.8, 4) is 0 Å². The van der Waals surface area contributed by atoms with Crippen LogP contribution < -0.4 is 0 Å². The molecule has 0 bridgehead atoms. The van der Waals surface area contributed by atoms with Crippen molar-refractivity contribution in [2.45, 2.75) is 13.7 Å². The molecule has 0 aliphatic heterocycles. The highest BCUT2D eigenvalue weighted by Gasteiger charge is 2.05. The smallest absolute Gasteiger partial charge is 0.413 e. The highest BCUT2D eigenvalue weighted by atomic mass is 16.2. The summed E-state index contributed by atoms with van der Waals surface area (Å²) >= 11 is 0. The van der Waals surface area contributed by atoms with Crippen molar-refractivity contribution in [1.29, 1.82) is 0 Å². The standard InChI is InChI=1S/C6H10BNO/c1-6-4-3-5-8(6)7(2)9/h3-5,9H,1-2H3. The molecule has 0 spiro atoms. The van der Waals surface area contributed by atoms with Gasteiger partial charge in [0.1, 0.15) is 0 Å². The first-order valence-corrected chi connectivity index (χ1v) is 3.03. The molecule has 0 fully saturated rings. The van der Waals surface area contributed by atoms with E-state index in [1.54, 1.807) is 11.3 Å². The van der Waals surface area contributed by atoms with Gasteiger partial charge in [-0.2, -0.15) is 0 Å². The summed E-state index contributed by atoms with van der Waals surface area (Å²) in [5, 5.41) is 9.06. The molecule has 0 radical (unpaired) electrons. The van der Waals surface area contributed by atoms with E-state index in [2.05, 4.69) is 0 Å². The highest BCUT2D eigenvalue weighted by molar-refractivity contribution is 6.46. The van der Waals surface area contributed by atoms with E-state index in [0.717, 1.165) is 5.69 Å². The normalized spacial score (nSPS) is 9.67. The Balaban J connectivity index is 2.94. The Bertz CT molecular complexity index is 195. The average Bonchev–Trinajstić information content (AvgIpc) is 2.13. The summed E-state index contributed by atoms with van der Waals surface area (Å²) in [6.07, 6.45) is 1.86. The molecule has 1 rings (SSSR count). The second-order valence-electron chi connectivity index (χ2n) is 2.19. The number of rotatable bonds is 1.